The zero-order valence-electron chi connectivity index (χ0n) is 11.7. The van der Waals surface area contributed by atoms with Crippen LogP contribution in [0.15, 0.2) is 22.7 Å². The number of rotatable bonds is 5. The number of hydrogen-bond acceptors (Lipinski definition) is 2. The van der Waals surface area contributed by atoms with Gasteiger partial charge in [-0.3, -0.25) is 4.79 Å². The smallest absolute Gasteiger partial charge is 0.251 e. The molecule has 1 N–H and O–H groups in total. The molecule has 1 atom stereocenters. The SMILES string of the molecule is CC(C)C(CN(C)C)NC(=O)c1ccc(Br)c(Cl)c1. The maximum absolute atomic E-state index is 12.2. The lowest BCUT2D eigenvalue weighted by Gasteiger charge is -2.25. The summed E-state index contributed by atoms with van der Waals surface area (Å²) in [6.07, 6.45) is 0. The second-order valence-corrected chi connectivity index (χ2v) is 6.48. The molecule has 106 valence electrons. The summed E-state index contributed by atoms with van der Waals surface area (Å²) < 4.78 is 0.791. The molecule has 1 amide bonds. The van der Waals surface area contributed by atoms with Gasteiger partial charge in [-0.05, 0) is 54.1 Å². The lowest BCUT2D eigenvalue weighted by Crippen LogP contribution is -2.45. The number of hydrogen-bond donors (Lipinski definition) is 1. The Morgan fingerprint density at radius 1 is 1.42 bits per heavy atom. The zero-order valence-corrected chi connectivity index (χ0v) is 14.0. The highest BCUT2D eigenvalue weighted by Gasteiger charge is 2.18. The van der Waals surface area contributed by atoms with E-state index in [1.165, 1.54) is 0 Å². The zero-order chi connectivity index (χ0) is 14.6. The van der Waals surface area contributed by atoms with Crippen molar-refractivity contribution in [1.82, 2.24) is 10.2 Å². The minimum absolute atomic E-state index is 0.0880. The fourth-order valence-corrected chi connectivity index (χ4v) is 2.13. The first-order chi connectivity index (χ1) is 8.81. The molecule has 0 radical (unpaired) electrons. The molecule has 0 aliphatic heterocycles. The van der Waals surface area contributed by atoms with E-state index < -0.39 is 0 Å². The predicted molar refractivity (Wildman–Crippen MR) is 83.8 cm³/mol. The standard InChI is InChI=1S/C14H20BrClN2O/c1-9(2)13(8-18(3)4)17-14(19)10-5-6-11(15)12(16)7-10/h5-7,9,13H,8H2,1-4H3,(H,17,19). The first-order valence-electron chi connectivity index (χ1n) is 6.22. The van der Waals surface area contributed by atoms with E-state index in [9.17, 15) is 4.79 Å². The van der Waals surface area contributed by atoms with Gasteiger partial charge in [0.1, 0.15) is 0 Å². The Balaban J connectivity index is 2.78. The monoisotopic (exact) mass is 346 g/mol. The molecule has 0 heterocycles. The topological polar surface area (TPSA) is 32.3 Å². The van der Waals surface area contributed by atoms with Crippen molar-refractivity contribution in [3.63, 3.8) is 0 Å². The van der Waals surface area contributed by atoms with E-state index >= 15 is 0 Å². The third kappa shape index (κ3) is 5.13. The van der Waals surface area contributed by atoms with Crippen molar-refractivity contribution >= 4 is 33.4 Å². The second-order valence-electron chi connectivity index (χ2n) is 5.22. The number of nitrogens with one attached hydrogen (secondary N) is 1. The number of amides is 1. The quantitative estimate of drug-likeness (QED) is 0.885. The molecule has 1 unspecified atom stereocenters. The maximum Gasteiger partial charge on any atom is 0.251 e. The van der Waals surface area contributed by atoms with E-state index in [1.54, 1.807) is 18.2 Å². The number of nitrogens with zero attached hydrogens (tertiary/aromatic N) is 1. The number of carbonyl (C=O) groups is 1. The highest BCUT2D eigenvalue weighted by atomic mass is 79.9. The Hall–Kier alpha value is -0.580. The molecule has 0 aliphatic carbocycles. The number of carbonyl (C=O) groups excluding carboxylic acids is 1. The summed E-state index contributed by atoms with van der Waals surface area (Å²) >= 11 is 9.32. The van der Waals surface area contributed by atoms with Gasteiger partial charge in [-0.15, -0.1) is 0 Å². The predicted octanol–water partition coefficient (Wildman–Crippen LogP) is 3.42. The van der Waals surface area contributed by atoms with Gasteiger partial charge in [0.2, 0.25) is 0 Å². The summed E-state index contributed by atoms with van der Waals surface area (Å²) in [6.45, 7) is 5.01. The molecule has 0 aromatic heterocycles. The first kappa shape index (κ1) is 16.5. The van der Waals surface area contributed by atoms with Crippen molar-refractivity contribution in [1.29, 1.82) is 0 Å². The third-order valence-corrected chi connectivity index (χ3v) is 4.10. The average molecular weight is 348 g/mol. The molecule has 0 fully saturated rings. The molecule has 0 saturated carbocycles. The summed E-state index contributed by atoms with van der Waals surface area (Å²) in [5.74, 6) is 0.284. The molecule has 0 spiro atoms. The van der Waals surface area contributed by atoms with Crippen LogP contribution < -0.4 is 5.32 Å². The summed E-state index contributed by atoms with van der Waals surface area (Å²) in [4.78, 5) is 14.3. The van der Waals surface area contributed by atoms with E-state index in [2.05, 4.69) is 40.0 Å². The molecule has 1 rings (SSSR count). The molecule has 0 aliphatic rings. The molecule has 19 heavy (non-hydrogen) atoms. The maximum atomic E-state index is 12.2. The average Bonchev–Trinajstić information content (AvgIpc) is 2.31. The summed E-state index contributed by atoms with van der Waals surface area (Å²) in [7, 11) is 4.00. The summed E-state index contributed by atoms with van der Waals surface area (Å²) in [5.41, 5.74) is 0.581. The van der Waals surface area contributed by atoms with Gasteiger partial charge in [-0.2, -0.15) is 0 Å². The molecule has 3 nitrogen and oxygen atoms in total. The Bertz CT molecular complexity index is 449. The minimum atomic E-state index is -0.0880. The third-order valence-electron chi connectivity index (χ3n) is 2.86. The lowest BCUT2D eigenvalue weighted by atomic mass is 10.0. The Labute approximate surface area is 128 Å². The summed E-state index contributed by atoms with van der Waals surface area (Å²) in [6, 6.07) is 5.34. The van der Waals surface area contributed by atoms with Crippen LogP contribution in [0.2, 0.25) is 5.02 Å². The molecule has 0 bridgehead atoms. The number of benzene rings is 1. The van der Waals surface area contributed by atoms with Gasteiger partial charge in [0.15, 0.2) is 0 Å². The van der Waals surface area contributed by atoms with Crippen LogP contribution in [0.3, 0.4) is 0 Å². The second kappa shape index (κ2) is 7.27. The van der Waals surface area contributed by atoms with Crippen LogP contribution in [-0.4, -0.2) is 37.5 Å². The van der Waals surface area contributed by atoms with E-state index in [0.717, 1.165) is 11.0 Å². The number of likely N-dealkylation sites (N-methyl/N-ethyl adjacent to an activating group) is 1. The van der Waals surface area contributed by atoms with Crippen molar-refractivity contribution in [3.8, 4) is 0 Å². The molecule has 1 aromatic rings. The summed E-state index contributed by atoms with van der Waals surface area (Å²) in [5, 5.41) is 3.60. The van der Waals surface area contributed by atoms with Gasteiger partial charge in [-0.1, -0.05) is 25.4 Å². The van der Waals surface area contributed by atoms with Gasteiger partial charge in [0.05, 0.1) is 5.02 Å². The fourth-order valence-electron chi connectivity index (χ4n) is 1.71. The normalized spacial score (nSPS) is 12.8. The molecule has 0 saturated heterocycles. The Morgan fingerprint density at radius 2 is 2.05 bits per heavy atom. The van der Waals surface area contributed by atoms with E-state index in [1.807, 2.05) is 14.1 Å². The lowest BCUT2D eigenvalue weighted by molar-refractivity contribution is 0.0916. The van der Waals surface area contributed by atoms with Gasteiger partial charge in [-0.25, -0.2) is 0 Å². The highest BCUT2D eigenvalue weighted by Crippen LogP contribution is 2.23. The van der Waals surface area contributed by atoms with Crippen LogP contribution in [0.5, 0.6) is 0 Å². The minimum Gasteiger partial charge on any atom is -0.348 e. The van der Waals surface area contributed by atoms with Crippen molar-refractivity contribution in [2.75, 3.05) is 20.6 Å². The van der Waals surface area contributed by atoms with Crippen LogP contribution in [0.1, 0.15) is 24.2 Å². The van der Waals surface area contributed by atoms with Gasteiger partial charge < -0.3 is 10.2 Å². The molecular weight excluding hydrogens is 328 g/mol. The van der Waals surface area contributed by atoms with Crippen LogP contribution >= 0.6 is 27.5 Å². The van der Waals surface area contributed by atoms with Crippen molar-refractivity contribution < 1.29 is 4.79 Å². The fraction of sp³-hybridized carbons (Fsp3) is 0.500. The van der Waals surface area contributed by atoms with Crippen LogP contribution in [0.4, 0.5) is 0 Å². The van der Waals surface area contributed by atoms with Gasteiger partial charge in [0.25, 0.3) is 5.91 Å². The van der Waals surface area contributed by atoms with E-state index in [-0.39, 0.29) is 11.9 Å². The van der Waals surface area contributed by atoms with Crippen molar-refractivity contribution in [3.05, 3.63) is 33.3 Å². The van der Waals surface area contributed by atoms with Gasteiger partial charge >= 0.3 is 0 Å². The van der Waals surface area contributed by atoms with Gasteiger partial charge in [0, 0.05) is 22.6 Å². The van der Waals surface area contributed by atoms with Crippen LogP contribution in [0, 0.1) is 5.92 Å². The van der Waals surface area contributed by atoms with Crippen molar-refractivity contribution in [2.45, 2.75) is 19.9 Å². The molecule has 5 heteroatoms. The van der Waals surface area contributed by atoms with E-state index in [0.29, 0.717) is 16.5 Å². The molecular formula is C14H20BrClN2O. The van der Waals surface area contributed by atoms with Crippen molar-refractivity contribution in [2.24, 2.45) is 5.92 Å². The Morgan fingerprint density at radius 3 is 2.53 bits per heavy atom. The van der Waals surface area contributed by atoms with E-state index in [4.69, 9.17) is 11.6 Å². The first-order valence-corrected chi connectivity index (χ1v) is 7.39. The highest BCUT2D eigenvalue weighted by molar-refractivity contribution is 9.10. The Kier molecular flexibility index (Phi) is 6.30. The number of halogens is 2. The molecule has 1 aromatic carbocycles. The largest absolute Gasteiger partial charge is 0.348 e. The van der Waals surface area contributed by atoms with Crippen LogP contribution in [-0.2, 0) is 0 Å². The van der Waals surface area contributed by atoms with Crippen LogP contribution in [0.25, 0.3) is 0 Å².